The van der Waals surface area contributed by atoms with Crippen molar-refractivity contribution in [3.8, 4) is 0 Å². The maximum Gasteiger partial charge on any atom is 0.303 e. The van der Waals surface area contributed by atoms with Crippen LogP contribution in [-0.2, 0) is 9.36 Å². The molecule has 0 aromatic rings. The van der Waals surface area contributed by atoms with Gasteiger partial charge in [0.15, 0.2) is 0 Å². The predicted octanol–water partition coefficient (Wildman–Crippen LogP) is 1.03. The lowest BCUT2D eigenvalue weighted by Gasteiger charge is -2.30. The third-order valence-corrected chi connectivity index (χ3v) is 5.36. The van der Waals surface area contributed by atoms with Crippen molar-refractivity contribution in [1.29, 1.82) is 0 Å². The molecule has 1 aliphatic rings. The van der Waals surface area contributed by atoms with Crippen LogP contribution < -0.4 is 0 Å². The van der Waals surface area contributed by atoms with E-state index in [2.05, 4.69) is 0 Å². The Balaban J connectivity index is 2.58. The van der Waals surface area contributed by atoms with Gasteiger partial charge in [-0.3, -0.25) is 9.36 Å². The van der Waals surface area contributed by atoms with E-state index in [0.717, 1.165) is 12.8 Å². The van der Waals surface area contributed by atoms with E-state index < -0.39 is 25.1 Å². The number of hydrogen-bond acceptors (Lipinski definition) is 3. The van der Waals surface area contributed by atoms with Gasteiger partial charge in [0.2, 0.25) is 7.37 Å². The fourth-order valence-corrected chi connectivity index (χ4v) is 4.10. The van der Waals surface area contributed by atoms with E-state index >= 15 is 0 Å². The van der Waals surface area contributed by atoms with E-state index in [1.165, 1.54) is 0 Å². The molecular weight excluding hydrogens is 219 g/mol. The van der Waals surface area contributed by atoms with Crippen molar-refractivity contribution < 1.29 is 24.5 Å². The maximum atomic E-state index is 11.8. The Morgan fingerprint density at radius 2 is 1.93 bits per heavy atom. The molecule has 0 aromatic heterocycles. The fourth-order valence-electron chi connectivity index (χ4n) is 1.98. The van der Waals surface area contributed by atoms with E-state index in [4.69, 9.17) is 5.11 Å². The van der Waals surface area contributed by atoms with Gasteiger partial charge in [-0.05, 0) is 12.8 Å². The number of carboxylic acid groups (broad SMARTS) is 1. The van der Waals surface area contributed by atoms with E-state index in [9.17, 15) is 19.4 Å². The zero-order valence-corrected chi connectivity index (χ0v) is 9.40. The molecule has 0 amide bonds. The molecule has 0 saturated heterocycles. The summed E-state index contributed by atoms with van der Waals surface area (Å²) in [5.41, 5.74) is -0.620. The van der Waals surface area contributed by atoms with Crippen LogP contribution in [0.1, 0.15) is 32.1 Å². The Morgan fingerprint density at radius 1 is 1.33 bits per heavy atom. The molecular formula is C9H17O5P. The topological polar surface area (TPSA) is 94.8 Å². The fraction of sp³-hybridized carbons (Fsp3) is 0.889. The molecule has 0 aromatic carbocycles. The standard InChI is InChI=1S/C9H17O5P/c10-7-3-1-2-4-8(7)15(13,14)6-5-9(11)12/h7-8,10H,1-6H2,(H,11,12)(H,13,14)/t7-,8-/m0/s1. The van der Waals surface area contributed by atoms with Crippen LogP contribution in [0.2, 0.25) is 0 Å². The minimum absolute atomic E-state index is 0.232. The smallest absolute Gasteiger partial charge is 0.303 e. The number of rotatable bonds is 4. The second-order valence-corrected chi connectivity index (χ2v) is 6.66. The molecule has 1 unspecified atom stereocenters. The van der Waals surface area contributed by atoms with Crippen LogP contribution in [0.15, 0.2) is 0 Å². The van der Waals surface area contributed by atoms with Crippen molar-refractivity contribution in [2.45, 2.75) is 43.9 Å². The highest BCUT2D eigenvalue weighted by Crippen LogP contribution is 2.52. The third-order valence-electron chi connectivity index (χ3n) is 2.86. The first-order chi connectivity index (χ1) is 6.93. The van der Waals surface area contributed by atoms with Gasteiger partial charge in [-0.15, -0.1) is 0 Å². The monoisotopic (exact) mass is 236 g/mol. The summed E-state index contributed by atoms with van der Waals surface area (Å²) >= 11 is 0. The quantitative estimate of drug-likeness (QED) is 0.634. The number of aliphatic hydroxyl groups excluding tert-OH is 1. The molecule has 1 aliphatic carbocycles. The molecule has 15 heavy (non-hydrogen) atoms. The minimum Gasteiger partial charge on any atom is -0.481 e. The van der Waals surface area contributed by atoms with Crippen molar-refractivity contribution in [3.05, 3.63) is 0 Å². The Morgan fingerprint density at radius 3 is 2.47 bits per heavy atom. The molecule has 6 heteroatoms. The van der Waals surface area contributed by atoms with Gasteiger partial charge in [-0.1, -0.05) is 12.8 Å². The molecule has 0 aliphatic heterocycles. The Kier molecular flexibility index (Phi) is 4.32. The third kappa shape index (κ3) is 3.59. The van der Waals surface area contributed by atoms with Crippen molar-refractivity contribution in [3.63, 3.8) is 0 Å². The zero-order chi connectivity index (χ0) is 11.5. The number of aliphatic hydroxyl groups is 1. The van der Waals surface area contributed by atoms with Crippen LogP contribution in [0.5, 0.6) is 0 Å². The van der Waals surface area contributed by atoms with Crippen molar-refractivity contribution in [1.82, 2.24) is 0 Å². The molecule has 3 N–H and O–H groups in total. The number of aliphatic carboxylic acids is 1. The summed E-state index contributed by atoms with van der Waals surface area (Å²) in [6, 6.07) is 0. The molecule has 1 rings (SSSR count). The second-order valence-electron chi connectivity index (χ2n) is 4.04. The van der Waals surface area contributed by atoms with Gasteiger partial charge in [0, 0.05) is 6.16 Å². The molecule has 0 bridgehead atoms. The van der Waals surface area contributed by atoms with Gasteiger partial charge in [0.25, 0.3) is 0 Å². The summed E-state index contributed by atoms with van der Waals surface area (Å²) in [6.07, 6.45) is 1.48. The second kappa shape index (κ2) is 5.10. The molecule has 88 valence electrons. The van der Waals surface area contributed by atoms with Gasteiger partial charge in [0.1, 0.15) is 0 Å². The summed E-state index contributed by atoms with van der Waals surface area (Å²) in [7, 11) is -3.51. The lowest BCUT2D eigenvalue weighted by atomic mass is 9.97. The number of carbonyl (C=O) groups is 1. The number of hydrogen-bond donors (Lipinski definition) is 3. The van der Waals surface area contributed by atoms with Crippen LogP contribution >= 0.6 is 7.37 Å². The normalized spacial score (nSPS) is 30.8. The van der Waals surface area contributed by atoms with Gasteiger partial charge in [-0.2, -0.15) is 0 Å². The summed E-state index contributed by atoms with van der Waals surface area (Å²) < 4.78 is 11.8. The molecule has 0 spiro atoms. The minimum atomic E-state index is -3.51. The molecule has 0 radical (unpaired) electrons. The van der Waals surface area contributed by atoms with Gasteiger partial charge in [0.05, 0.1) is 18.2 Å². The Bertz CT molecular complexity index is 278. The highest BCUT2D eigenvalue weighted by Gasteiger charge is 2.37. The SMILES string of the molecule is O=C(O)CCP(=O)(O)[C@H]1CCCC[C@@H]1O. The Labute approximate surface area is 88.6 Å². The zero-order valence-electron chi connectivity index (χ0n) is 8.50. The summed E-state index contributed by atoms with van der Waals surface area (Å²) in [4.78, 5) is 20.0. The summed E-state index contributed by atoms with van der Waals surface area (Å²) in [6.45, 7) is 0. The van der Waals surface area contributed by atoms with Crippen molar-refractivity contribution >= 4 is 13.3 Å². The number of carboxylic acids is 1. The van der Waals surface area contributed by atoms with E-state index in [1.807, 2.05) is 0 Å². The van der Waals surface area contributed by atoms with Crippen LogP contribution in [-0.4, -0.2) is 39.0 Å². The highest BCUT2D eigenvalue weighted by molar-refractivity contribution is 7.58. The lowest BCUT2D eigenvalue weighted by Crippen LogP contribution is -2.30. The van der Waals surface area contributed by atoms with Crippen LogP contribution in [0, 0.1) is 0 Å². The molecule has 1 fully saturated rings. The van der Waals surface area contributed by atoms with Crippen molar-refractivity contribution in [2.75, 3.05) is 6.16 Å². The van der Waals surface area contributed by atoms with E-state index in [1.54, 1.807) is 0 Å². The first-order valence-corrected chi connectivity index (χ1v) is 7.06. The molecule has 3 atom stereocenters. The largest absolute Gasteiger partial charge is 0.481 e. The predicted molar refractivity (Wildman–Crippen MR) is 55.2 cm³/mol. The highest BCUT2D eigenvalue weighted by atomic mass is 31.2. The Hall–Kier alpha value is -0.380. The summed E-state index contributed by atoms with van der Waals surface area (Å²) in [5.74, 6) is -1.07. The first-order valence-electron chi connectivity index (χ1n) is 5.15. The average Bonchev–Trinajstić information content (AvgIpc) is 2.15. The van der Waals surface area contributed by atoms with Crippen LogP contribution in [0.25, 0.3) is 0 Å². The van der Waals surface area contributed by atoms with E-state index in [0.29, 0.717) is 12.8 Å². The van der Waals surface area contributed by atoms with E-state index in [-0.39, 0.29) is 12.6 Å². The molecule has 1 saturated carbocycles. The van der Waals surface area contributed by atoms with Crippen molar-refractivity contribution in [2.24, 2.45) is 0 Å². The van der Waals surface area contributed by atoms with Gasteiger partial charge >= 0.3 is 5.97 Å². The summed E-state index contributed by atoms with van der Waals surface area (Å²) in [5, 5.41) is 18.0. The van der Waals surface area contributed by atoms with Gasteiger partial charge in [-0.25, -0.2) is 0 Å². The lowest BCUT2D eigenvalue weighted by molar-refractivity contribution is -0.136. The van der Waals surface area contributed by atoms with Crippen LogP contribution in [0.3, 0.4) is 0 Å². The van der Waals surface area contributed by atoms with Crippen LogP contribution in [0.4, 0.5) is 0 Å². The maximum absolute atomic E-state index is 11.8. The molecule has 0 heterocycles. The molecule has 5 nitrogen and oxygen atoms in total. The first kappa shape index (κ1) is 12.7. The van der Waals surface area contributed by atoms with Gasteiger partial charge < -0.3 is 15.1 Å². The average molecular weight is 236 g/mol.